The highest BCUT2D eigenvalue weighted by molar-refractivity contribution is 5.47. The van der Waals surface area contributed by atoms with Gasteiger partial charge in [-0.15, -0.1) is 0 Å². The zero-order valence-corrected chi connectivity index (χ0v) is 6.70. The van der Waals surface area contributed by atoms with Crippen molar-refractivity contribution < 1.29 is 10.2 Å². The van der Waals surface area contributed by atoms with Crippen molar-refractivity contribution in [3.8, 4) is 11.5 Å². The van der Waals surface area contributed by atoms with Crippen LogP contribution in [0.4, 0.5) is 0 Å². The first-order valence-electron chi connectivity index (χ1n) is 3.74. The number of imidazole rings is 1. The summed E-state index contributed by atoms with van der Waals surface area (Å²) in [6.45, 7) is 0.0792. The molecule has 2 heterocycles. The minimum absolute atomic E-state index is 0.0792. The van der Waals surface area contributed by atoms with Crippen LogP contribution in [0.2, 0.25) is 0 Å². The second-order valence-corrected chi connectivity index (χ2v) is 2.63. The molecular weight excluding hydrogens is 172 g/mol. The van der Waals surface area contributed by atoms with Crippen LogP contribution in [0.15, 0.2) is 18.9 Å². The zero-order valence-electron chi connectivity index (χ0n) is 6.70. The molecule has 0 bridgehead atoms. The lowest BCUT2D eigenvalue weighted by Gasteiger charge is -2.07. The average Bonchev–Trinajstić information content (AvgIpc) is 2.49. The van der Waals surface area contributed by atoms with E-state index in [1.54, 1.807) is 10.8 Å². The molecule has 6 nitrogen and oxygen atoms in total. The number of aliphatic hydroxyl groups excluding tert-OH is 1. The van der Waals surface area contributed by atoms with Crippen LogP contribution in [0.5, 0.6) is 0 Å². The van der Waals surface area contributed by atoms with E-state index in [1.165, 1.54) is 12.7 Å². The summed E-state index contributed by atoms with van der Waals surface area (Å²) in [5.41, 5.74) is 0.642. The molecule has 0 amide bonds. The van der Waals surface area contributed by atoms with E-state index < -0.39 is 6.29 Å². The third-order valence-corrected chi connectivity index (χ3v) is 1.60. The first kappa shape index (κ1) is 8.09. The Morgan fingerprint density at radius 3 is 2.92 bits per heavy atom. The van der Waals surface area contributed by atoms with Gasteiger partial charge < -0.3 is 14.8 Å². The second kappa shape index (κ2) is 3.08. The number of hydrogen-bond acceptors (Lipinski definition) is 5. The fourth-order valence-corrected chi connectivity index (χ4v) is 1.07. The van der Waals surface area contributed by atoms with Gasteiger partial charge in [0.2, 0.25) is 0 Å². The number of hydrogen-bond donors (Lipinski definition) is 2. The molecule has 2 rings (SSSR count). The van der Waals surface area contributed by atoms with Crippen molar-refractivity contribution in [1.82, 2.24) is 19.5 Å². The van der Waals surface area contributed by atoms with E-state index in [2.05, 4.69) is 15.0 Å². The summed E-state index contributed by atoms with van der Waals surface area (Å²) in [4.78, 5) is 11.8. The molecule has 0 atom stereocenters. The highest BCUT2D eigenvalue weighted by Gasteiger charge is 2.07. The van der Waals surface area contributed by atoms with Gasteiger partial charge in [-0.3, -0.25) is 0 Å². The summed E-state index contributed by atoms with van der Waals surface area (Å²) in [5, 5.41) is 17.4. The number of nitrogens with zero attached hydrogens (tertiary/aromatic N) is 4. The Morgan fingerprint density at radius 1 is 1.31 bits per heavy atom. The van der Waals surface area contributed by atoms with Crippen molar-refractivity contribution in [3.05, 3.63) is 18.9 Å². The first-order chi connectivity index (χ1) is 6.25. The quantitative estimate of drug-likeness (QED) is 0.584. The molecule has 0 unspecified atom stereocenters. The van der Waals surface area contributed by atoms with E-state index in [1.807, 2.05) is 0 Å². The molecule has 13 heavy (non-hydrogen) atoms. The molecule has 2 N–H and O–H groups in total. The van der Waals surface area contributed by atoms with Crippen molar-refractivity contribution in [2.75, 3.05) is 0 Å². The third-order valence-electron chi connectivity index (χ3n) is 1.60. The Bertz CT molecular complexity index is 373. The summed E-state index contributed by atoms with van der Waals surface area (Å²) in [5.74, 6) is 0.559. The molecule has 0 saturated heterocycles. The predicted octanol–water partition coefficient (Wildman–Crippen LogP) is -0.911. The summed E-state index contributed by atoms with van der Waals surface area (Å²) in [6.07, 6.45) is 3.18. The van der Waals surface area contributed by atoms with E-state index in [4.69, 9.17) is 10.2 Å². The summed E-state index contributed by atoms with van der Waals surface area (Å²) in [6, 6.07) is 0. The van der Waals surface area contributed by atoms with Gasteiger partial charge in [0.15, 0.2) is 12.1 Å². The minimum Gasteiger partial charge on any atom is -0.367 e. The lowest BCUT2D eigenvalue weighted by atomic mass is 10.4. The van der Waals surface area contributed by atoms with Crippen LogP contribution < -0.4 is 0 Å². The molecule has 0 radical (unpaired) electrons. The van der Waals surface area contributed by atoms with Crippen molar-refractivity contribution in [2.24, 2.45) is 0 Å². The van der Waals surface area contributed by atoms with Crippen molar-refractivity contribution in [1.29, 1.82) is 0 Å². The van der Waals surface area contributed by atoms with Crippen LogP contribution in [0, 0.1) is 0 Å². The Kier molecular flexibility index (Phi) is 1.91. The predicted molar refractivity (Wildman–Crippen MR) is 42.7 cm³/mol. The summed E-state index contributed by atoms with van der Waals surface area (Å²) < 4.78 is 1.54. The second-order valence-electron chi connectivity index (χ2n) is 2.63. The zero-order chi connectivity index (χ0) is 9.26. The van der Waals surface area contributed by atoms with Gasteiger partial charge in [0, 0.05) is 6.20 Å². The molecule has 0 aromatic heterocycles. The number of rotatable bonds is 2. The van der Waals surface area contributed by atoms with Crippen molar-refractivity contribution in [3.63, 3.8) is 0 Å². The number of aliphatic hydroxyl groups is 2. The molecule has 68 valence electrons. The van der Waals surface area contributed by atoms with Crippen LogP contribution in [-0.2, 0) is 6.54 Å². The molecular formula is C7H8N4O2. The fourth-order valence-electron chi connectivity index (χ4n) is 1.07. The first-order valence-corrected chi connectivity index (χ1v) is 3.74. The number of fused-ring (bicyclic) bond motifs is 1. The van der Waals surface area contributed by atoms with Crippen LogP contribution in [0.3, 0.4) is 0 Å². The van der Waals surface area contributed by atoms with Gasteiger partial charge in [-0.2, -0.15) is 0 Å². The third kappa shape index (κ3) is 1.63. The largest absolute Gasteiger partial charge is 0.367 e. The van der Waals surface area contributed by atoms with E-state index in [-0.39, 0.29) is 6.54 Å². The molecule has 2 aliphatic rings. The maximum atomic E-state index is 8.70. The lowest BCUT2D eigenvalue weighted by molar-refractivity contribution is -0.0515. The van der Waals surface area contributed by atoms with E-state index in [0.29, 0.717) is 11.5 Å². The Labute approximate surface area is 73.9 Å². The highest BCUT2D eigenvalue weighted by atomic mass is 16.5. The van der Waals surface area contributed by atoms with Gasteiger partial charge in [-0.25, -0.2) is 15.0 Å². The smallest absolute Gasteiger partial charge is 0.182 e. The summed E-state index contributed by atoms with van der Waals surface area (Å²) in [7, 11) is 0. The van der Waals surface area contributed by atoms with Gasteiger partial charge >= 0.3 is 0 Å². The van der Waals surface area contributed by atoms with Gasteiger partial charge in [-0.05, 0) is 0 Å². The van der Waals surface area contributed by atoms with E-state index in [0.717, 1.165) is 0 Å². The molecule has 0 saturated carbocycles. The number of aromatic nitrogens is 4. The van der Waals surface area contributed by atoms with Gasteiger partial charge in [0.1, 0.15) is 12.0 Å². The molecule has 2 aliphatic heterocycles. The maximum absolute atomic E-state index is 8.70. The molecule has 6 heteroatoms. The van der Waals surface area contributed by atoms with Crippen molar-refractivity contribution in [2.45, 2.75) is 12.8 Å². The van der Waals surface area contributed by atoms with Crippen molar-refractivity contribution >= 4 is 0 Å². The SMILES string of the molecule is OC(O)Cn1cnc2ncnc-2c1. The van der Waals surface area contributed by atoms with Crippen LogP contribution in [0.25, 0.3) is 11.5 Å². The molecule has 0 aliphatic carbocycles. The van der Waals surface area contributed by atoms with E-state index >= 15 is 0 Å². The van der Waals surface area contributed by atoms with Gasteiger partial charge in [-0.1, -0.05) is 0 Å². The fraction of sp³-hybridized carbons (Fsp3) is 0.286. The molecule has 0 fully saturated rings. The minimum atomic E-state index is -1.38. The Balaban J connectivity index is 2.33. The van der Waals surface area contributed by atoms with Crippen LogP contribution >= 0.6 is 0 Å². The maximum Gasteiger partial charge on any atom is 0.182 e. The standard InChI is InChI=1S/C7H8N4O2/c12-6(13)2-11-1-5-7(10-4-11)9-3-8-5/h1,3-4,6,12-13H,2H2. The lowest BCUT2D eigenvalue weighted by Crippen LogP contribution is -2.15. The van der Waals surface area contributed by atoms with Crippen LogP contribution in [-0.4, -0.2) is 36.0 Å². The Hall–Kier alpha value is -1.53. The highest BCUT2D eigenvalue weighted by Crippen LogP contribution is 2.11. The Morgan fingerprint density at radius 2 is 2.15 bits per heavy atom. The van der Waals surface area contributed by atoms with Gasteiger partial charge in [0.05, 0.1) is 12.9 Å². The molecule has 0 aromatic carbocycles. The molecule has 0 aromatic rings. The monoisotopic (exact) mass is 180 g/mol. The average molecular weight is 180 g/mol. The topological polar surface area (TPSA) is 84.1 Å². The molecule has 0 spiro atoms. The normalized spacial score (nSPS) is 11.3. The van der Waals surface area contributed by atoms with Crippen LogP contribution in [0.1, 0.15) is 0 Å². The van der Waals surface area contributed by atoms with Gasteiger partial charge in [0.25, 0.3) is 0 Å². The van der Waals surface area contributed by atoms with E-state index in [9.17, 15) is 0 Å². The summed E-state index contributed by atoms with van der Waals surface area (Å²) >= 11 is 0.